The molecule has 1 amide bonds. The summed E-state index contributed by atoms with van der Waals surface area (Å²) in [4.78, 5) is 39.7. The fourth-order valence-electron chi connectivity index (χ4n) is 6.85. The van der Waals surface area contributed by atoms with E-state index in [1.807, 2.05) is 48.5 Å². The van der Waals surface area contributed by atoms with Crippen molar-refractivity contribution in [3.8, 4) is 11.5 Å². The lowest BCUT2D eigenvalue weighted by atomic mass is 9.54. The minimum atomic E-state index is -5.90. The lowest BCUT2D eigenvalue weighted by Gasteiger charge is -2.48. The summed E-state index contributed by atoms with van der Waals surface area (Å²) < 4.78 is 117. The number of fused-ring (bicyclic) bond motifs is 1. The fraction of sp³-hybridized carbons (Fsp3) is 0.250. The Morgan fingerprint density at radius 3 is 1.46 bits per heavy atom. The molecule has 0 radical (unpaired) electrons. The number of esters is 2. The molecule has 2 bridgehead atoms. The number of carbonyl (C=O) groups excluding carboxylic acids is 3. The largest absolute Gasteiger partial charge is 0.516 e. The van der Waals surface area contributed by atoms with Gasteiger partial charge in [-0.3, -0.25) is 18.9 Å². The molecular formula is C36H28F3I2NO12S2. The maximum Gasteiger partial charge on any atom is 0.516 e. The highest BCUT2D eigenvalue weighted by molar-refractivity contribution is 14.1. The van der Waals surface area contributed by atoms with Crippen LogP contribution in [0.4, 0.5) is 13.2 Å². The normalized spacial score (nSPS) is 18.6. The number of hydrogen-bond donors (Lipinski definition) is 2. The molecule has 0 aliphatic heterocycles. The second kappa shape index (κ2) is 16.5. The van der Waals surface area contributed by atoms with Gasteiger partial charge in [-0.05, 0) is 104 Å². The van der Waals surface area contributed by atoms with Gasteiger partial charge in [0.05, 0.1) is 11.8 Å². The van der Waals surface area contributed by atoms with E-state index >= 15 is 0 Å². The molecule has 3 aliphatic rings. The van der Waals surface area contributed by atoms with Crippen molar-refractivity contribution >= 4 is 83.2 Å². The standard InChI is InChI=1S/C36H28F3I2NO12S2/c37-36(38,39)56(49,50)42-33(43)19-9-11-20(12-10-19)51-13-15-53-34(44)30-28-22-5-1-3-7-24(22)29(25-8-4-2-6-23(25)28)31(30)35(45)54-16-14-52-21-17-26(40)32(27(41)18-21)55(46,47)48/h1-12,17-18,28-31H,13-16H2,(H,42,43)(H,46,47,48). The second-order valence-corrected chi connectivity index (χ2v) is 17.7. The average Bonchev–Trinajstić information content (AvgIpc) is 3.13. The molecule has 0 heterocycles. The van der Waals surface area contributed by atoms with E-state index in [1.165, 1.54) is 24.3 Å². The van der Waals surface area contributed by atoms with Crippen molar-refractivity contribution in [3.63, 3.8) is 0 Å². The van der Waals surface area contributed by atoms with Gasteiger partial charge in [0, 0.05) is 24.5 Å². The van der Waals surface area contributed by atoms with Crippen molar-refractivity contribution in [1.29, 1.82) is 0 Å². The van der Waals surface area contributed by atoms with Crippen molar-refractivity contribution in [1.82, 2.24) is 4.72 Å². The third kappa shape index (κ3) is 8.62. The third-order valence-corrected chi connectivity index (χ3v) is 13.5. The molecule has 3 aliphatic carbocycles. The Labute approximate surface area is 345 Å². The molecule has 13 nitrogen and oxygen atoms in total. The van der Waals surface area contributed by atoms with Gasteiger partial charge in [0.25, 0.3) is 16.0 Å². The van der Waals surface area contributed by atoms with Gasteiger partial charge in [-0.2, -0.15) is 30.0 Å². The molecule has 0 saturated heterocycles. The molecule has 296 valence electrons. The predicted molar refractivity (Wildman–Crippen MR) is 207 cm³/mol. The molecule has 0 spiro atoms. The molecule has 2 N–H and O–H groups in total. The number of hydrogen-bond acceptors (Lipinski definition) is 11. The Kier molecular flexibility index (Phi) is 12.2. The van der Waals surface area contributed by atoms with E-state index in [4.69, 9.17) is 18.9 Å². The highest BCUT2D eigenvalue weighted by atomic mass is 127. The van der Waals surface area contributed by atoms with E-state index in [0.717, 1.165) is 39.1 Å². The van der Waals surface area contributed by atoms with Gasteiger partial charge < -0.3 is 18.9 Å². The van der Waals surface area contributed by atoms with Crippen LogP contribution in [0.3, 0.4) is 0 Å². The smallest absolute Gasteiger partial charge is 0.490 e. The number of ether oxygens (including phenoxy) is 4. The van der Waals surface area contributed by atoms with E-state index in [2.05, 4.69) is 0 Å². The lowest BCUT2D eigenvalue weighted by molar-refractivity contribution is -0.164. The molecular weight excluding hydrogens is 1010 g/mol. The van der Waals surface area contributed by atoms with Crippen molar-refractivity contribution in [2.75, 3.05) is 26.4 Å². The number of sulfonamides is 1. The Hall–Kier alpha value is -4.00. The zero-order valence-electron chi connectivity index (χ0n) is 28.4. The van der Waals surface area contributed by atoms with Gasteiger partial charge in [-0.15, -0.1) is 0 Å². The molecule has 2 unspecified atom stereocenters. The Morgan fingerprint density at radius 1 is 0.661 bits per heavy atom. The summed E-state index contributed by atoms with van der Waals surface area (Å²) in [6, 6.07) is 22.4. The number of rotatable bonds is 13. The number of halogens is 5. The van der Waals surface area contributed by atoms with Crippen molar-refractivity contribution in [3.05, 3.63) is 120 Å². The highest BCUT2D eigenvalue weighted by Crippen LogP contribution is 2.58. The van der Waals surface area contributed by atoms with E-state index in [0.29, 0.717) is 0 Å². The topological polar surface area (TPSA) is 189 Å². The van der Waals surface area contributed by atoms with Gasteiger partial charge in [0.1, 0.15) is 42.8 Å². The van der Waals surface area contributed by atoms with Gasteiger partial charge >= 0.3 is 27.5 Å². The zero-order valence-corrected chi connectivity index (χ0v) is 34.3. The average molecular weight is 1040 g/mol. The first kappa shape index (κ1) is 41.6. The second-order valence-electron chi connectivity index (χ2n) is 12.4. The maximum atomic E-state index is 14.0. The molecule has 20 heteroatoms. The van der Waals surface area contributed by atoms with E-state index in [-0.39, 0.29) is 55.5 Å². The van der Waals surface area contributed by atoms with Crippen LogP contribution >= 0.6 is 45.2 Å². The van der Waals surface area contributed by atoms with E-state index in [9.17, 15) is 48.9 Å². The number of nitrogens with one attached hydrogen (secondary N) is 1. The Bertz CT molecular complexity index is 2340. The quantitative estimate of drug-likeness (QED) is 0.0712. The summed E-state index contributed by atoms with van der Waals surface area (Å²) in [5, 5.41) is 0. The lowest BCUT2D eigenvalue weighted by Crippen LogP contribution is -2.48. The summed E-state index contributed by atoms with van der Waals surface area (Å²) in [6.45, 7) is -0.784. The molecule has 0 fully saturated rings. The Balaban J connectivity index is 1.13. The van der Waals surface area contributed by atoms with E-state index in [1.54, 1.807) is 45.2 Å². The van der Waals surface area contributed by atoms with Crippen LogP contribution in [0.5, 0.6) is 11.5 Å². The third-order valence-electron chi connectivity index (χ3n) is 9.05. The first-order valence-corrected chi connectivity index (χ1v) is 21.4. The van der Waals surface area contributed by atoms with Gasteiger partial charge in [-0.1, -0.05) is 48.5 Å². The molecule has 4 aromatic carbocycles. The molecule has 56 heavy (non-hydrogen) atoms. The van der Waals surface area contributed by atoms with Crippen LogP contribution in [0.15, 0.2) is 89.8 Å². The number of alkyl halides is 3. The first-order valence-electron chi connectivity index (χ1n) is 16.4. The summed E-state index contributed by atoms with van der Waals surface area (Å²) in [5.41, 5.74) is -2.57. The predicted octanol–water partition coefficient (Wildman–Crippen LogP) is 5.79. The summed E-state index contributed by atoms with van der Waals surface area (Å²) in [7, 11) is -10.4. The molecule has 0 aromatic heterocycles. The SMILES string of the molecule is O=C(NS(=O)(=O)C(F)(F)F)c1ccc(OCCOC(=O)C2C3c4ccccc4C(c4ccccc43)C2C(=O)OCCOc2cc(I)c(S(=O)(=O)O)c(I)c2)cc1. The van der Waals surface area contributed by atoms with Crippen LogP contribution in [0, 0.1) is 19.0 Å². The summed E-state index contributed by atoms with van der Waals surface area (Å²) in [6.07, 6.45) is 0. The summed E-state index contributed by atoms with van der Waals surface area (Å²) in [5.74, 6) is -5.52. The minimum Gasteiger partial charge on any atom is -0.490 e. The monoisotopic (exact) mass is 1040 g/mol. The van der Waals surface area contributed by atoms with Crippen LogP contribution in [-0.2, 0) is 39.2 Å². The van der Waals surface area contributed by atoms with Crippen LogP contribution < -0.4 is 14.2 Å². The van der Waals surface area contributed by atoms with Crippen LogP contribution in [0.25, 0.3) is 0 Å². The molecule has 7 rings (SSSR count). The van der Waals surface area contributed by atoms with Gasteiger partial charge in [-0.25, -0.2) is 4.72 Å². The fourth-order valence-corrected chi connectivity index (χ4v) is 11.3. The Morgan fingerprint density at radius 2 is 1.07 bits per heavy atom. The van der Waals surface area contributed by atoms with Crippen LogP contribution in [0.1, 0.15) is 44.4 Å². The minimum absolute atomic E-state index is 0.109. The summed E-state index contributed by atoms with van der Waals surface area (Å²) >= 11 is 3.52. The van der Waals surface area contributed by atoms with E-state index < -0.39 is 67.2 Å². The van der Waals surface area contributed by atoms with Crippen LogP contribution in [-0.4, -0.2) is 71.2 Å². The number of amides is 1. The van der Waals surface area contributed by atoms with Crippen molar-refractivity contribution in [2.24, 2.45) is 11.8 Å². The number of carbonyl (C=O) groups is 3. The zero-order chi connectivity index (χ0) is 40.6. The van der Waals surface area contributed by atoms with Gasteiger partial charge in [0.15, 0.2) is 0 Å². The molecule has 0 saturated carbocycles. The first-order chi connectivity index (χ1) is 26.4. The highest BCUT2D eigenvalue weighted by Gasteiger charge is 2.56. The van der Waals surface area contributed by atoms with Crippen molar-refractivity contribution in [2.45, 2.75) is 22.2 Å². The molecule has 4 aromatic rings. The van der Waals surface area contributed by atoms with Crippen molar-refractivity contribution < 1.29 is 67.9 Å². The van der Waals surface area contributed by atoms with Crippen LogP contribution in [0.2, 0.25) is 0 Å². The molecule has 2 atom stereocenters. The number of benzene rings is 4. The maximum absolute atomic E-state index is 14.0. The van der Waals surface area contributed by atoms with Gasteiger partial charge in [0.2, 0.25) is 0 Å².